The van der Waals surface area contributed by atoms with Crippen LogP contribution in [0.25, 0.3) is 0 Å². The minimum absolute atomic E-state index is 0.0171. The topological polar surface area (TPSA) is 96.3 Å². The van der Waals surface area contributed by atoms with Crippen molar-refractivity contribution in [3.63, 3.8) is 0 Å². The summed E-state index contributed by atoms with van der Waals surface area (Å²) in [6.45, 7) is 0.938. The van der Waals surface area contributed by atoms with Crippen molar-refractivity contribution in [3.8, 4) is 17.2 Å². The Balaban J connectivity index is 1.69. The number of carbonyl (C=O) groups is 2. The zero-order valence-corrected chi connectivity index (χ0v) is 21.4. The van der Waals surface area contributed by atoms with Crippen LogP contribution in [-0.2, 0) is 10.4 Å². The van der Waals surface area contributed by atoms with Crippen LogP contribution < -0.4 is 14.4 Å². The number of aromatic carboxylic acids is 1. The fraction of sp³-hybridized carbons (Fsp3) is 0.231. The van der Waals surface area contributed by atoms with E-state index in [2.05, 4.69) is 0 Å². The van der Waals surface area contributed by atoms with E-state index < -0.39 is 35.1 Å². The van der Waals surface area contributed by atoms with E-state index in [-0.39, 0.29) is 50.7 Å². The van der Waals surface area contributed by atoms with Crippen LogP contribution in [0.4, 0.5) is 18.9 Å². The van der Waals surface area contributed by atoms with Gasteiger partial charge in [0.2, 0.25) is 0 Å². The van der Waals surface area contributed by atoms with Crippen molar-refractivity contribution in [1.82, 2.24) is 0 Å². The van der Waals surface area contributed by atoms with Crippen LogP contribution in [0.5, 0.6) is 17.2 Å². The molecule has 200 valence electrons. The molecule has 1 heterocycles. The Hall–Kier alpha value is -3.47. The molecule has 2 atom stereocenters. The molecule has 0 aromatic heterocycles. The Morgan fingerprint density at radius 1 is 1.05 bits per heavy atom. The highest BCUT2D eigenvalue weighted by Crippen LogP contribution is 2.51. The molecule has 1 aliphatic rings. The molecule has 0 fully saturated rings. The number of benzene rings is 3. The molecule has 12 heteroatoms. The molecule has 1 aliphatic heterocycles. The lowest BCUT2D eigenvalue weighted by Gasteiger charge is -2.38. The molecule has 0 saturated heterocycles. The fourth-order valence-electron chi connectivity index (χ4n) is 4.18. The zero-order valence-electron chi connectivity index (χ0n) is 19.8. The molecule has 0 bridgehead atoms. The van der Waals surface area contributed by atoms with Gasteiger partial charge in [-0.3, -0.25) is 4.79 Å². The minimum Gasteiger partial charge on any atom is -0.482 e. The second kappa shape index (κ2) is 10.0. The van der Waals surface area contributed by atoms with Gasteiger partial charge in [-0.1, -0.05) is 42.3 Å². The maximum Gasteiger partial charge on any atom is 0.422 e. The first-order valence-corrected chi connectivity index (χ1v) is 11.8. The summed E-state index contributed by atoms with van der Waals surface area (Å²) in [5, 5.41) is 20.1. The highest BCUT2D eigenvalue weighted by molar-refractivity contribution is 6.33. The smallest absolute Gasteiger partial charge is 0.422 e. The molecule has 0 unspecified atom stereocenters. The summed E-state index contributed by atoms with van der Waals surface area (Å²) in [7, 11) is 1.40. The molecule has 0 radical (unpaired) electrons. The van der Waals surface area contributed by atoms with Crippen molar-refractivity contribution in [2.45, 2.75) is 24.6 Å². The Labute approximate surface area is 224 Å². The number of halogens is 5. The summed E-state index contributed by atoms with van der Waals surface area (Å²) < 4.78 is 54.3. The first-order chi connectivity index (χ1) is 17.7. The average molecular weight is 570 g/mol. The van der Waals surface area contributed by atoms with E-state index in [1.54, 1.807) is 0 Å². The largest absolute Gasteiger partial charge is 0.482 e. The second-order valence-electron chi connectivity index (χ2n) is 8.64. The van der Waals surface area contributed by atoms with Gasteiger partial charge in [0.05, 0.1) is 16.3 Å². The molecule has 3 aromatic carbocycles. The molecular weight excluding hydrogens is 550 g/mol. The van der Waals surface area contributed by atoms with E-state index in [0.717, 1.165) is 17.0 Å². The molecule has 3 aromatic rings. The highest BCUT2D eigenvalue weighted by atomic mass is 35.5. The summed E-state index contributed by atoms with van der Waals surface area (Å²) in [5.41, 5.74) is -3.93. The van der Waals surface area contributed by atoms with E-state index in [1.807, 2.05) is 0 Å². The lowest BCUT2D eigenvalue weighted by Crippen LogP contribution is -2.47. The van der Waals surface area contributed by atoms with E-state index in [9.17, 15) is 27.9 Å². The molecule has 0 aliphatic carbocycles. The number of amides is 1. The predicted octanol–water partition coefficient (Wildman–Crippen LogP) is 6.39. The molecule has 7 nitrogen and oxygen atoms in total. The SMILES string of the molecule is C[C@@H](c1ccc(Oc2ccc(C(=O)O)c(Cl)c2)cc1Cl)[C@](O)(c1ccc2c(c1)N(C)C(=O)CO2)C(F)(F)F. The molecule has 2 N–H and O–H groups in total. The molecule has 0 spiro atoms. The van der Waals surface area contributed by atoms with Gasteiger partial charge in [-0.2, -0.15) is 13.2 Å². The van der Waals surface area contributed by atoms with Gasteiger partial charge in [0.1, 0.15) is 17.2 Å². The van der Waals surface area contributed by atoms with Gasteiger partial charge in [0, 0.05) is 24.1 Å². The van der Waals surface area contributed by atoms with Gasteiger partial charge >= 0.3 is 12.1 Å². The maximum atomic E-state index is 14.5. The third kappa shape index (κ3) is 4.87. The first-order valence-electron chi connectivity index (χ1n) is 11.1. The van der Waals surface area contributed by atoms with Crippen molar-refractivity contribution in [2.24, 2.45) is 0 Å². The summed E-state index contributed by atoms with van der Waals surface area (Å²) in [6, 6.07) is 11.3. The third-order valence-corrected chi connectivity index (χ3v) is 7.03. The van der Waals surface area contributed by atoms with Crippen LogP contribution >= 0.6 is 23.2 Å². The van der Waals surface area contributed by atoms with Crippen LogP contribution in [0.1, 0.15) is 34.3 Å². The van der Waals surface area contributed by atoms with Crippen LogP contribution in [0, 0.1) is 0 Å². The Morgan fingerprint density at radius 3 is 2.26 bits per heavy atom. The number of hydrogen-bond acceptors (Lipinski definition) is 5. The predicted molar refractivity (Wildman–Crippen MR) is 134 cm³/mol. The van der Waals surface area contributed by atoms with Crippen molar-refractivity contribution >= 4 is 40.8 Å². The number of rotatable bonds is 6. The van der Waals surface area contributed by atoms with Crippen LogP contribution in [-0.4, -0.2) is 41.9 Å². The van der Waals surface area contributed by atoms with Gasteiger partial charge in [0.25, 0.3) is 5.91 Å². The second-order valence-corrected chi connectivity index (χ2v) is 9.46. The standard InChI is InChI=1S/C26H20Cl2F3NO6/c1-13(17-6-4-15(10-19(17)27)38-16-5-7-18(24(34)35)20(28)11-16)25(36,26(29,30)31)14-3-8-22-21(9-14)32(2)23(33)12-37-22/h3-11,13,36H,12H2,1-2H3,(H,34,35)/t13-,25-/m0/s1. The molecule has 1 amide bonds. The molecule has 0 saturated carbocycles. The number of carboxylic acid groups (broad SMARTS) is 1. The van der Waals surface area contributed by atoms with E-state index in [1.165, 1.54) is 56.4 Å². The Kier molecular flexibility index (Phi) is 7.26. The van der Waals surface area contributed by atoms with Crippen molar-refractivity contribution < 1.29 is 42.4 Å². The number of alkyl halides is 3. The number of nitrogens with zero attached hydrogens (tertiary/aromatic N) is 1. The van der Waals surface area contributed by atoms with E-state index in [0.29, 0.717) is 0 Å². The van der Waals surface area contributed by atoms with Crippen LogP contribution in [0.15, 0.2) is 54.6 Å². The number of hydrogen-bond donors (Lipinski definition) is 2. The number of fused-ring (bicyclic) bond motifs is 1. The summed E-state index contributed by atoms with van der Waals surface area (Å²) in [6.07, 6.45) is -5.13. The van der Waals surface area contributed by atoms with Crippen LogP contribution in [0.3, 0.4) is 0 Å². The number of likely N-dealkylation sites (N-methyl/N-ethyl adjacent to an activating group) is 1. The van der Waals surface area contributed by atoms with E-state index >= 15 is 0 Å². The summed E-state index contributed by atoms with van der Waals surface area (Å²) in [5.74, 6) is -2.72. The quantitative estimate of drug-likeness (QED) is 0.357. The minimum atomic E-state index is -5.13. The first kappa shape index (κ1) is 27.6. The number of carboxylic acids is 1. The number of ether oxygens (including phenoxy) is 2. The number of carbonyl (C=O) groups excluding carboxylic acids is 1. The van der Waals surface area contributed by atoms with Crippen molar-refractivity contribution in [2.75, 3.05) is 18.6 Å². The van der Waals surface area contributed by atoms with E-state index in [4.69, 9.17) is 37.8 Å². The van der Waals surface area contributed by atoms with Gasteiger partial charge < -0.3 is 24.6 Å². The summed E-state index contributed by atoms with van der Waals surface area (Å²) >= 11 is 12.3. The molecule has 4 rings (SSSR count). The number of aliphatic hydroxyl groups is 1. The van der Waals surface area contributed by atoms with Crippen molar-refractivity contribution in [3.05, 3.63) is 81.3 Å². The van der Waals surface area contributed by atoms with Crippen molar-refractivity contribution in [1.29, 1.82) is 0 Å². The Bertz CT molecular complexity index is 1430. The van der Waals surface area contributed by atoms with Gasteiger partial charge in [-0.15, -0.1) is 0 Å². The lowest BCUT2D eigenvalue weighted by molar-refractivity contribution is -0.274. The average Bonchev–Trinajstić information content (AvgIpc) is 2.84. The fourth-order valence-corrected chi connectivity index (χ4v) is 4.77. The van der Waals surface area contributed by atoms with Crippen LogP contribution in [0.2, 0.25) is 10.0 Å². The molecule has 38 heavy (non-hydrogen) atoms. The lowest BCUT2D eigenvalue weighted by atomic mass is 9.77. The van der Waals surface area contributed by atoms with Gasteiger partial charge in [0.15, 0.2) is 12.2 Å². The summed E-state index contributed by atoms with van der Waals surface area (Å²) in [4.78, 5) is 24.3. The molecular formula is C26H20Cl2F3NO6. The highest BCUT2D eigenvalue weighted by Gasteiger charge is 2.59. The monoisotopic (exact) mass is 569 g/mol. The third-order valence-electron chi connectivity index (χ3n) is 6.39. The Morgan fingerprint density at radius 2 is 1.68 bits per heavy atom. The zero-order chi connectivity index (χ0) is 28.0. The number of anilines is 1. The normalized spacial score (nSPS) is 15.8. The van der Waals surface area contributed by atoms with Gasteiger partial charge in [-0.25, -0.2) is 4.79 Å². The maximum absolute atomic E-state index is 14.5. The van der Waals surface area contributed by atoms with Gasteiger partial charge in [-0.05, 0) is 47.5 Å².